The molecule has 0 spiro atoms. The molecule has 3 nitrogen and oxygen atoms in total. The standard InChI is InChI=1S/C9H7FN2O/c1-6-8(5-13)12-3-2-7(10)4-9(12)11-6/h2-5H,1H3. The first kappa shape index (κ1) is 7.91. The largest absolute Gasteiger partial charge is 0.297 e. The van der Waals surface area contributed by atoms with Gasteiger partial charge in [-0.25, -0.2) is 9.37 Å². The van der Waals surface area contributed by atoms with Gasteiger partial charge < -0.3 is 0 Å². The van der Waals surface area contributed by atoms with Gasteiger partial charge in [-0.1, -0.05) is 0 Å². The van der Waals surface area contributed by atoms with Crippen LogP contribution in [0.3, 0.4) is 0 Å². The molecular weight excluding hydrogens is 171 g/mol. The molecule has 0 amide bonds. The maximum absolute atomic E-state index is 12.7. The van der Waals surface area contributed by atoms with Crippen LogP contribution in [0.4, 0.5) is 4.39 Å². The minimum atomic E-state index is -0.352. The van der Waals surface area contributed by atoms with E-state index in [0.29, 0.717) is 23.3 Å². The number of fused-ring (bicyclic) bond motifs is 1. The second kappa shape index (κ2) is 2.65. The molecule has 0 radical (unpaired) electrons. The number of aryl methyl sites for hydroxylation is 1. The number of carbonyl (C=O) groups is 1. The average Bonchev–Trinajstić information content (AvgIpc) is 2.39. The van der Waals surface area contributed by atoms with Crippen LogP contribution in [0.5, 0.6) is 0 Å². The molecule has 0 atom stereocenters. The van der Waals surface area contributed by atoms with Gasteiger partial charge in [0.2, 0.25) is 0 Å². The van der Waals surface area contributed by atoms with Crippen molar-refractivity contribution in [1.82, 2.24) is 9.38 Å². The third-order valence-corrected chi connectivity index (χ3v) is 1.92. The van der Waals surface area contributed by atoms with Crippen molar-refractivity contribution in [1.29, 1.82) is 0 Å². The van der Waals surface area contributed by atoms with E-state index in [0.717, 1.165) is 0 Å². The molecule has 2 heterocycles. The van der Waals surface area contributed by atoms with E-state index in [2.05, 4.69) is 4.98 Å². The van der Waals surface area contributed by atoms with Gasteiger partial charge in [0.25, 0.3) is 0 Å². The summed E-state index contributed by atoms with van der Waals surface area (Å²) in [6, 6.07) is 2.58. The zero-order chi connectivity index (χ0) is 9.42. The van der Waals surface area contributed by atoms with Crippen LogP contribution < -0.4 is 0 Å². The van der Waals surface area contributed by atoms with Crippen LogP contribution in [0, 0.1) is 12.7 Å². The predicted molar refractivity (Wildman–Crippen MR) is 45.3 cm³/mol. The first-order chi connectivity index (χ1) is 6.22. The molecule has 0 aromatic carbocycles. The third kappa shape index (κ3) is 1.11. The molecule has 0 unspecified atom stereocenters. The SMILES string of the molecule is Cc1nc2cc(F)ccn2c1C=O. The summed E-state index contributed by atoms with van der Waals surface area (Å²) in [4.78, 5) is 14.7. The van der Waals surface area contributed by atoms with E-state index in [-0.39, 0.29) is 5.82 Å². The molecule has 0 aliphatic rings. The summed E-state index contributed by atoms with van der Waals surface area (Å²) in [6.45, 7) is 1.72. The van der Waals surface area contributed by atoms with E-state index in [9.17, 15) is 9.18 Å². The Bertz CT molecular complexity index is 476. The Morgan fingerprint density at radius 1 is 1.62 bits per heavy atom. The number of aldehydes is 1. The molecule has 2 aromatic rings. The molecule has 4 heteroatoms. The number of aromatic nitrogens is 2. The van der Waals surface area contributed by atoms with Crippen molar-refractivity contribution in [2.45, 2.75) is 6.92 Å². The van der Waals surface area contributed by atoms with Gasteiger partial charge in [0.05, 0.1) is 5.69 Å². The van der Waals surface area contributed by atoms with Crippen molar-refractivity contribution in [2.24, 2.45) is 0 Å². The van der Waals surface area contributed by atoms with Crippen LogP contribution >= 0.6 is 0 Å². The number of pyridine rings is 1. The second-order valence-electron chi connectivity index (χ2n) is 2.77. The fourth-order valence-electron chi connectivity index (χ4n) is 1.30. The van der Waals surface area contributed by atoms with Gasteiger partial charge in [-0.05, 0) is 13.0 Å². The Kier molecular flexibility index (Phi) is 1.62. The van der Waals surface area contributed by atoms with Crippen molar-refractivity contribution in [3.8, 4) is 0 Å². The summed E-state index contributed by atoms with van der Waals surface area (Å²) in [7, 11) is 0. The zero-order valence-electron chi connectivity index (χ0n) is 6.99. The highest BCUT2D eigenvalue weighted by Gasteiger charge is 2.07. The number of halogens is 1. The lowest BCUT2D eigenvalue weighted by molar-refractivity contribution is 0.111. The van der Waals surface area contributed by atoms with E-state index >= 15 is 0 Å². The summed E-state index contributed by atoms with van der Waals surface area (Å²) in [5, 5.41) is 0. The summed E-state index contributed by atoms with van der Waals surface area (Å²) in [5.74, 6) is -0.352. The average molecular weight is 178 g/mol. The molecule has 0 saturated carbocycles. The van der Waals surface area contributed by atoms with Gasteiger partial charge >= 0.3 is 0 Å². The smallest absolute Gasteiger partial charge is 0.168 e. The molecule has 2 rings (SSSR count). The fraction of sp³-hybridized carbons (Fsp3) is 0.111. The molecule has 0 aliphatic carbocycles. The summed E-state index contributed by atoms with van der Waals surface area (Å²) < 4.78 is 14.3. The second-order valence-corrected chi connectivity index (χ2v) is 2.77. The molecule has 0 saturated heterocycles. The lowest BCUT2D eigenvalue weighted by atomic mass is 10.4. The van der Waals surface area contributed by atoms with Crippen LogP contribution in [0.15, 0.2) is 18.3 Å². The minimum Gasteiger partial charge on any atom is -0.297 e. The molecule has 0 bridgehead atoms. The highest BCUT2D eigenvalue weighted by Crippen LogP contribution is 2.10. The van der Waals surface area contributed by atoms with Crippen molar-refractivity contribution in [2.75, 3.05) is 0 Å². The maximum Gasteiger partial charge on any atom is 0.168 e. The van der Waals surface area contributed by atoms with Crippen molar-refractivity contribution < 1.29 is 9.18 Å². The first-order valence-corrected chi connectivity index (χ1v) is 3.82. The lowest BCUT2D eigenvalue weighted by Gasteiger charge is -1.93. The number of carbonyl (C=O) groups excluding carboxylic acids is 1. The quantitative estimate of drug-likeness (QED) is 0.621. The van der Waals surface area contributed by atoms with Crippen molar-refractivity contribution in [3.05, 3.63) is 35.5 Å². The molecule has 0 fully saturated rings. The monoisotopic (exact) mass is 178 g/mol. The van der Waals surface area contributed by atoms with Gasteiger partial charge in [0, 0.05) is 12.3 Å². The summed E-state index contributed by atoms with van der Waals surface area (Å²) in [5.41, 5.74) is 1.54. The molecule has 66 valence electrons. The zero-order valence-corrected chi connectivity index (χ0v) is 6.99. The normalized spacial score (nSPS) is 10.6. The van der Waals surface area contributed by atoms with Gasteiger partial charge in [-0.15, -0.1) is 0 Å². The number of hydrogen-bond donors (Lipinski definition) is 0. The minimum absolute atomic E-state index is 0.352. The number of rotatable bonds is 1. The maximum atomic E-state index is 12.7. The van der Waals surface area contributed by atoms with E-state index in [1.807, 2.05) is 0 Å². The van der Waals surface area contributed by atoms with Crippen LogP contribution in [0.1, 0.15) is 16.2 Å². The molecule has 0 aliphatic heterocycles. The van der Waals surface area contributed by atoms with E-state index in [1.54, 1.807) is 11.3 Å². The molecular formula is C9H7FN2O. The Morgan fingerprint density at radius 3 is 3.08 bits per heavy atom. The van der Waals surface area contributed by atoms with E-state index < -0.39 is 0 Å². The molecule has 2 aromatic heterocycles. The highest BCUT2D eigenvalue weighted by atomic mass is 19.1. The number of nitrogens with zero attached hydrogens (tertiary/aromatic N) is 2. The van der Waals surface area contributed by atoms with Crippen LogP contribution in [-0.4, -0.2) is 15.7 Å². The Hall–Kier alpha value is -1.71. The lowest BCUT2D eigenvalue weighted by Crippen LogP contribution is -1.91. The topological polar surface area (TPSA) is 34.4 Å². The van der Waals surface area contributed by atoms with Gasteiger partial charge in [-0.2, -0.15) is 0 Å². The fourth-order valence-corrected chi connectivity index (χ4v) is 1.30. The Labute approximate surface area is 73.8 Å². The predicted octanol–water partition coefficient (Wildman–Crippen LogP) is 1.59. The summed E-state index contributed by atoms with van der Waals surface area (Å²) in [6.07, 6.45) is 2.21. The van der Waals surface area contributed by atoms with Gasteiger partial charge in [0.15, 0.2) is 6.29 Å². The molecule has 13 heavy (non-hydrogen) atoms. The van der Waals surface area contributed by atoms with Gasteiger partial charge in [-0.3, -0.25) is 9.20 Å². The third-order valence-electron chi connectivity index (χ3n) is 1.92. The van der Waals surface area contributed by atoms with Crippen LogP contribution in [-0.2, 0) is 0 Å². The van der Waals surface area contributed by atoms with Crippen LogP contribution in [0.25, 0.3) is 5.65 Å². The molecule has 0 N–H and O–H groups in total. The first-order valence-electron chi connectivity index (χ1n) is 3.82. The van der Waals surface area contributed by atoms with Crippen molar-refractivity contribution in [3.63, 3.8) is 0 Å². The van der Waals surface area contributed by atoms with Gasteiger partial charge in [0.1, 0.15) is 17.2 Å². The van der Waals surface area contributed by atoms with Crippen LogP contribution in [0.2, 0.25) is 0 Å². The van der Waals surface area contributed by atoms with E-state index in [4.69, 9.17) is 0 Å². The number of hydrogen-bond acceptors (Lipinski definition) is 2. The number of imidazole rings is 1. The van der Waals surface area contributed by atoms with Crippen molar-refractivity contribution >= 4 is 11.9 Å². The van der Waals surface area contributed by atoms with E-state index in [1.165, 1.54) is 18.3 Å². The Balaban J connectivity index is 2.86. The summed E-state index contributed by atoms with van der Waals surface area (Å²) >= 11 is 0. The Morgan fingerprint density at radius 2 is 2.38 bits per heavy atom. The highest BCUT2D eigenvalue weighted by molar-refractivity contribution is 5.76.